The van der Waals surface area contributed by atoms with Gasteiger partial charge in [-0.1, -0.05) is 64.8 Å². The van der Waals surface area contributed by atoms with Gasteiger partial charge in [-0.2, -0.15) is 0 Å². The second kappa shape index (κ2) is 17.4. The largest absolute Gasteiger partial charge is 0.497 e. The summed E-state index contributed by atoms with van der Waals surface area (Å²) < 4.78 is 23.2. The Balaban J connectivity index is 1.60. The van der Waals surface area contributed by atoms with Crippen molar-refractivity contribution < 1.29 is 28.8 Å². The van der Waals surface area contributed by atoms with Gasteiger partial charge in [-0.25, -0.2) is 10.4 Å². The van der Waals surface area contributed by atoms with E-state index in [0.717, 1.165) is 5.56 Å². The molecule has 0 radical (unpaired) electrons. The molecule has 0 aliphatic carbocycles. The van der Waals surface area contributed by atoms with Gasteiger partial charge in [0.2, 0.25) is 5.90 Å². The van der Waals surface area contributed by atoms with Crippen molar-refractivity contribution >= 4 is 17.5 Å². The smallest absolute Gasteiger partial charge is 0.266 e. The van der Waals surface area contributed by atoms with E-state index in [4.69, 9.17) is 34.6 Å². The van der Waals surface area contributed by atoms with E-state index in [1.54, 1.807) is 99.1 Å². The first-order valence-corrected chi connectivity index (χ1v) is 16.0. The highest BCUT2D eigenvalue weighted by Crippen LogP contribution is 2.45. The summed E-state index contributed by atoms with van der Waals surface area (Å²) in [4.78, 5) is 25.7. The zero-order chi connectivity index (χ0) is 36.1. The third-order valence-electron chi connectivity index (χ3n) is 8.25. The number of methoxy groups -OCH3 is 2. The maximum absolute atomic E-state index is 14.7. The molecule has 0 aromatic heterocycles. The Labute approximate surface area is 294 Å². The summed E-state index contributed by atoms with van der Waals surface area (Å²) in [5, 5.41) is 16.8. The zero-order valence-corrected chi connectivity index (χ0v) is 28.1. The lowest BCUT2D eigenvalue weighted by Gasteiger charge is -2.32. The number of rotatable bonds is 17. The van der Waals surface area contributed by atoms with Crippen LogP contribution in [0.25, 0.3) is 20.9 Å². The minimum Gasteiger partial charge on any atom is -0.497 e. The number of aliphatic hydroxyl groups is 1. The Morgan fingerprint density at radius 3 is 2.41 bits per heavy atom. The summed E-state index contributed by atoms with van der Waals surface area (Å²) in [5.74, 6) is 1.43. The fourth-order valence-corrected chi connectivity index (χ4v) is 5.72. The number of hydrazine groups is 1. The van der Waals surface area contributed by atoms with Crippen LogP contribution in [-0.4, -0.2) is 49.9 Å². The molecule has 2 atom stereocenters. The van der Waals surface area contributed by atoms with Gasteiger partial charge in [0.15, 0.2) is 11.6 Å². The van der Waals surface area contributed by atoms with E-state index in [-0.39, 0.29) is 32.0 Å². The lowest BCUT2D eigenvalue weighted by Crippen LogP contribution is -2.53. The van der Waals surface area contributed by atoms with Crippen molar-refractivity contribution in [3.05, 3.63) is 140 Å². The first-order chi connectivity index (χ1) is 25.0. The Morgan fingerprint density at radius 1 is 0.941 bits per heavy atom. The first-order valence-electron chi connectivity index (χ1n) is 16.0. The molecule has 1 aliphatic rings. The van der Waals surface area contributed by atoms with Crippen LogP contribution in [0.5, 0.6) is 17.2 Å². The minimum absolute atomic E-state index is 0.00423. The second-order valence-corrected chi connectivity index (χ2v) is 11.4. The molecule has 0 spiro atoms. The van der Waals surface area contributed by atoms with Crippen molar-refractivity contribution in [2.24, 2.45) is 15.2 Å². The van der Waals surface area contributed by atoms with Gasteiger partial charge in [0.1, 0.15) is 17.2 Å². The summed E-state index contributed by atoms with van der Waals surface area (Å²) in [5.41, 5.74) is 26.1. The molecule has 262 valence electrons. The molecule has 3 N–H and O–H groups in total. The van der Waals surface area contributed by atoms with Gasteiger partial charge < -0.3 is 24.1 Å². The molecule has 0 fully saturated rings. The van der Waals surface area contributed by atoms with Crippen LogP contribution < -0.4 is 25.1 Å². The average Bonchev–Trinajstić information content (AvgIpc) is 3.55. The van der Waals surface area contributed by atoms with Crippen molar-refractivity contribution in [3.63, 3.8) is 0 Å². The van der Waals surface area contributed by atoms with E-state index in [9.17, 15) is 10.3 Å². The number of carbonyl (C=O) groups is 1. The molecule has 0 unspecified atom stereocenters. The summed E-state index contributed by atoms with van der Waals surface area (Å²) in [7, 11) is 3.11. The number of aliphatic hydroxyl groups excluding tert-OH is 1. The number of azide groups is 2. The molecular weight excluding hydrogens is 654 g/mol. The van der Waals surface area contributed by atoms with Gasteiger partial charge in [-0.05, 0) is 58.1 Å². The summed E-state index contributed by atoms with van der Waals surface area (Å²) in [6.45, 7) is 0.559. The van der Waals surface area contributed by atoms with E-state index in [0.29, 0.717) is 58.2 Å². The lowest BCUT2D eigenvalue weighted by atomic mass is 9.80. The normalized spacial score (nSPS) is 16.1. The zero-order valence-electron chi connectivity index (χ0n) is 28.1. The maximum atomic E-state index is 14.7. The van der Waals surface area contributed by atoms with E-state index < -0.39 is 17.6 Å². The molecule has 4 aromatic rings. The number of aliphatic imine (C=N–C) groups is 1. The number of benzene rings is 4. The van der Waals surface area contributed by atoms with Crippen LogP contribution in [0.15, 0.2) is 106 Å². The van der Waals surface area contributed by atoms with Gasteiger partial charge in [0, 0.05) is 58.7 Å². The molecule has 0 saturated carbocycles. The van der Waals surface area contributed by atoms with Crippen LogP contribution in [0.2, 0.25) is 0 Å². The van der Waals surface area contributed by atoms with Gasteiger partial charge in [0.25, 0.3) is 5.91 Å². The van der Waals surface area contributed by atoms with Gasteiger partial charge in [0.05, 0.1) is 27.4 Å². The SMILES string of the molecule is COc1ccc(CNNC(=O)[C@@]2(Cc3ccccc3N=[N+]=[N-])N=C(c3ccc(OCCCO)cc3)O[C@H]2c2ccccc2CN=[N+]=[N-])c(OC)c1. The topological polar surface area (TPSA) is 208 Å². The number of nitrogens with one attached hydrogen (secondary N) is 2. The quantitative estimate of drug-likeness (QED) is 0.0366. The van der Waals surface area contributed by atoms with E-state index in [1.807, 2.05) is 6.07 Å². The van der Waals surface area contributed by atoms with Crippen LogP contribution in [-0.2, 0) is 29.0 Å². The molecule has 1 amide bonds. The Kier molecular flexibility index (Phi) is 12.3. The maximum Gasteiger partial charge on any atom is 0.266 e. The van der Waals surface area contributed by atoms with Crippen LogP contribution in [0.4, 0.5) is 5.69 Å². The monoisotopic (exact) mass is 691 g/mol. The van der Waals surface area contributed by atoms with Crippen LogP contribution in [0.1, 0.15) is 40.3 Å². The number of hydrogen-bond donors (Lipinski definition) is 3. The molecule has 1 heterocycles. The predicted octanol–water partition coefficient (Wildman–Crippen LogP) is 6.54. The Bertz CT molecular complexity index is 1960. The summed E-state index contributed by atoms with van der Waals surface area (Å²) >= 11 is 0. The van der Waals surface area contributed by atoms with Gasteiger partial charge >= 0.3 is 0 Å². The standard InChI is InChI=1S/C36H37N9O6/c1-48-29-17-14-27(32(20-29)49-2)23-39-43-35(47)36(21-25-8-4-6-11-31(25)42-45-38)33(30-10-5-3-9-26(30)22-40-44-37)51-34(41-36)24-12-15-28(16-13-24)50-19-7-18-46/h3-6,8-17,20,33,39,46H,7,18-19,21-23H2,1-2H3,(H,43,47)/t33-,36-/m0/s1. The average molecular weight is 692 g/mol. The molecule has 0 saturated heterocycles. The van der Waals surface area contributed by atoms with E-state index in [2.05, 4.69) is 30.9 Å². The van der Waals surface area contributed by atoms with Crippen molar-refractivity contribution in [3.8, 4) is 17.2 Å². The molecule has 51 heavy (non-hydrogen) atoms. The van der Waals surface area contributed by atoms with Crippen molar-refractivity contribution in [2.45, 2.75) is 37.6 Å². The molecular formula is C36H37N9O6. The van der Waals surface area contributed by atoms with Crippen LogP contribution in [0.3, 0.4) is 0 Å². The van der Waals surface area contributed by atoms with Crippen LogP contribution in [0, 0.1) is 0 Å². The summed E-state index contributed by atoms with van der Waals surface area (Å²) in [6.07, 6.45) is -0.564. The minimum atomic E-state index is -1.67. The third kappa shape index (κ3) is 8.50. The number of hydrogen-bond acceptors (Lipinski definition) is 10. The highest BCUT2D eigenvalue weighted by atomic mass is 16.5. The van der Waals surface area contributed by atoms with Gasteiger partial charge in [-0.15, -0.1) is 0 Å². The third-order valence-corrected chi connectivity index (χ3v) is 8.25. The molecule has 0 bridgehead atoms. The van der Waals surface area contributed by atoms with Crippen molar-refractivity contribution in [2.75, 3.05) is 27.4 Å². The Morgan fingerprint density at radius 2 is 1.69 bits per heavy atom. The summed E-state index contributed by atoms with van der Waals surface area (Å²) in [6, 6.07) is 26.6. The van der Waals surface area contributed by atoms with E-state index >= 15 is 0 Å². The first kappa shape index (κ1) is 36.1. The van der Waals surface area contributed by atoms with Crippen molar-refractivity contribution in [1.29, 1.82) is 0 Å². The predicted molar refractivity (Wildman–Crippen MR) is 190 cm³/mol. The highest BCUT2D eigenvalue weighted by molar-refractivity contribution is 6.01. The number of nitrogens with zero attached hydrogens (tertiary/aromatic N) is 7. The Hall–Kier alpha value is -6.24. The fourth-order valence-electron chi connectivity index (χ4n) is 5.72. The molecule has 4 aromatic carbocycles. The molecule has 1 aliphatic heterocycles. The molecule has 15 heteroatoms. The molecule has 5 rings (SSSR count). The number of ether oxygens (including phenoxy) is 4. The fraction of sp³-hybridized carbons (Fsp3) is 0.278. The second-order valence-electron chi connectivity index (χ2n) is 11.4. The van der Waals surface area contributed by atoms with Crippen molar-refractivity contribution in [1.82, 2.24) is 10.9 Å². The number of amides is 1. The van der Waals surface area contributed by atoms with Gasteiger partial charge in [-0.3, -0.25) is 10.2 Å². The highest BCUT2D eigenvalue weighted by Gasteiger charge is 2.54. The lowest BCUT2D eigenvalue weighted by molar-refractivity contribution is -0.130. The number of carbonyl (C=O) groups excluding carboxylic acids is 1. The molecule has 15 nitrogen and oxygen atoms in total. The van der Waals surface area contributed by atoms with Crippen LogP contribution >= 0.6 is 0 Å². The van der Waals surface area contributed by atoms with E-state index in [1.165, 1.54) is 0 Å².